The van der Waals surface area contributed by atoms with E-state index in [-0.39, 0.29) is 18.3 Å². The molecule has 2 aromatic rings. The maximum absolute atomic E-state index is 13.3. The average Bonchev–Trinajstić information content (AvgIpc) is 3.08. The Kier molecular flexibility index (Phi) is 11.5. The molecule has 1 amide bonds. The number of benzene rings is 1. The highest BCUT2D eigenvalue weighted by atomic mass is 19.4. The van der Waals surface area contributed by atoms with Crippen LogP contribution >= 0.6 is 0 Å². The number of hydrogen-bond acceptors (Lipinski definition) is 7. The van der Waals surface area contributed by atoms with Gasteiger partial charge in [-0.25, -0.2) is 14.0 Å². The van der Waals surface area contributed by atoms with E-state index in [2.05, 4.69) is 9.88 Å². The van der Waals surface area contributed by atoms with E-state index in [9.17, 15) is 35.5 Å². The summed E-state index contributed by atoms with van der Waals surface area (Å²) in [6, 6.07) is 9.97. The van der Waals surface area contributed by atoms with Gasteiger partial charge in [0, 0.05) is 37.7 Å². The second-order valence-corrected chi connectivity index (χ2v) is 8.65. The van der Waals surface area contributed by atoms with Crippen LogP contribution < -0.4 is 4.90 Å². The van der Waals surface area contributed by atoms with Crippen LogP contribution in [-0.4, -0.2) is 95.4 Å². The van der Waals surface area contributed by atoms with E-state index < -0.39 is 29.9 Å². The minimum Gasteiger partial charge on any atom is -0.475 e. The van der Waals surface area contributed by atoms with Gasteiger partial charge in [0.2, 0.25) is 0 Å². The summed E-state index contributed by atoms with van der Waals surface area (Å²) in [6.45, 7) is 3.61. The molecule has 41 heavy (non-hydrogen) atoms. The molecule has 10 nitrogen and oxygen atoms in total. The van der Waals surface area contributed by atoms with E-state index in [4.69, 9.17) is 29.3 Å². The van der Waals surface area contributed by atoms with Crippen molar-refractivity contribution in [2.24, 2.45) is 0 Å². The molecule has 1 aromatic heterocycles. The van der Waals surface area contributed by atoms with Crippen LogP contribution in [0.4, 0.5) is 36.4 Å². The zero-order chi connectivity index (χ0) is 30.8. The van der Waals surface area contributed by atoms with Crippen LogP contribution in [0.25, 0.3) is 0 Å². The summed E-state index contributed by atoms with van der Waals surface area (Å²) in [5.41, 5.74) is 1.24. The Morgan fingerprint density at radius 1 is 0.927 bits per heavy atom. The maximum atomic E-state index is 13.3. The monoisotopic (exact) mass is 599 g/mol. The minimum atomic E-state index is -5.08. The van der Waals surface area contributed by atoms with Crippen molar-refractivity contribution in [3.63, 3.8) is 0 Å². The third-order valence-electron chi connectivity index (χ3n) is 5.46. The molecule has 226 valence electrons. The topological polar surface area (TPSA) is 130 Å². The highest BCUT2D eigenvalue weighted by molar-refractivity contribution is 5.95. The minimum absolute atomic E-state index is 0.0101. The predicted molar refractivity (Wildman–Crippen MR) is 125 cm³/mol. The van der Waals surface area contributed by atoms with E-state index in [1.807, 2.05) is 12.1 Å². The van der Waals surface area contributed by atoms with Crippen LogP contribution in [0, 0.1) is 5.82 Å². The first-order valence-electron chi connectivity index (χ1n) is 11.5. The number of morpholine rings is 1. The standard InChI is InChI=1S/C20H22FN3O3.2C2HF3O2/c21-17-1-3-18(4-2-17)24-14-20(27-12-19(24)25)13-23(9-10-26-15-20)11-16-5-7-22-8-6-16;2*3-2(4,5)1(6)7/h1-8H,9-15H2;2*(H,6,7). The van der Waals surface area contributed by atoms with Crippen LogP contribution in [0.15, 0.2) is 48.8 Å². The number of pyridine rings is 1. The van der Waals surface area contributed by atoms with Crippen molar-refractivity contribution < 1.29 is 64.8 Å². The molecule has 4 rings (SSSR count). The fourth-order valence-electron chi connectivity index (χ4n) is 3.62. The molecule has 1 atom stereocenters. The number of alkyl halides is 6. The summed E-state index contributed by atoms with van der Waals surface area (Å²) in [5.74, 6) is -5.97. The smallest absolute Gasteiger partial charge is 0.475 e. The molecule has 2 aliphatic heterocycles. The van der Waals surface area contributed by atoms with E-state index in [1.165, 1.54) is 17.7 Å². The molecule has 0 bridgehead atoms. The van der Waals surface area contributed by atoms with Gasteiger partial charge in [-0.1, -0.05) is 0 Å². The molecule has 2 N–H and O–H groups in total. The second kappa shape index (κ2) is 14.2. The highest BCUT2D eigenvalue weighted by Crippen LogP contribution is 2.28. The lowest BCUT2D eigenvalue weighted by Crippen LogP contribution is -2.60. The number of ether oxygens (including phenoxy) is 2. The van der Waals surface area contributed by atoms with Crippen molar-refractivity contribution in [1.29, 1.82) is 0 Å². The Labute approximate surface area is 227 Å². The zero-order valence-corrected chi connectivity index (χ0v) is 21.0. The largest absolute Gasteiger partial charge is 0.490 e. The maximum Gasteiger partial charge on any atom is 0.490 e. The summed E-state index contributed by atoms with van der Waals surface area (Å²) < 4.78 is 88.5. The molecule has 1 spiro atoms. The molecular formula is C24H24F7N3O7. The van der Waals surface area contributed by atoms with E-state index in [1.54, 1.807) is 29.4 Å². The van der Waals surface area contributed by atoms with Gasteiger partial charge in [-0.2, -0.15) is 26.3 Å². The van der Waals surface area contributed by atoms with Crippen LogP contribution in [0.2, 0.25) is 0 Å². The summed E-state index contributed by atoms with van der Waals surface area (Å²) in [7, 11) is 0. The number of rotatable bonds is 3. The molecule has 2 fully saturated rings. The van der Waals surface area contributed by atoms with Crippen LogP contribution in [-0.2, 0) is 30.4 Å². The number of hydrogen-bond donors (Lipinski definition) is 2. The molecule has 2 aliphatic rings. The normalized spacial score (nSPS) is 19.8. The number of anilines is 1. The number of aliphatic carboxylic acids is 2. The Hall–Kier alpha value is -3.83. The molecule has 17 heteroatoms. The number of carboxylic acids is 2. The molecule has 3 heterocycles. The Balaban J connectivity index is 0.000000349. The number of nitrogens with zero attached hydrogens (tertiary/aromatic N) is 3. The van der Waals surface area contributed by atoms with Crippen molar-refractivity contribution in [1.82, 2.24) is 9.88 Å². The number of carboxylic acid groups (broad SMARTS) is 2. The molecule has 1 unspecified atom stereocenters. The number of aromatic nitrogens is 1. The van der Waals surface area contributed by atoms with E-state index >= 15 is 0 Å². The third kappa shape index (κ3) is 10.9. The quantitative estimate of drug-likeness (QED) is 0.512. The van der Waals surface area contributed by atoms with Gasteiger partial charge in [0.15, 0.2) is 0 Å². The Bertz CT molecular complexity index is 1140. The predicted octanol–water partition coefficient (Wildman–Crippen LogP) is 3.12. The highest BCUT2D eigenvalue weighted by Gasteiger charge is 2.43. The molecule has 0 saturated carbocycles. The lowest BCUT2D eigenvalue weighted by molar-refractivity contribution is -0.193. The van der Waals surface area contributed by atoms with Crippen LogP contribution in [0.3, 0.4) is 0 Å². The molecule has 1 aromatic carbocycles. The lowest BCUT2D eigenvalue weighted by atomic mass is 10.0. The average molecular weight is 599 g/mol. The van der Waals surface area contributed by atoms with Crippen molar-refractivity contribution >= 4 is 23.5 Å². The van der Waals surface area contributed by atoms with Crippen molar-refractivity contribution in [2.75, 3.05) is 44.4 Å². The van der Waals surface area contributed by atoms with Gasteiger partial charge in [0.25, 0.3) is 5.91 Å². The Morgan fingerprint density at radius 3 is 1.98 bits per heavy atom. The summed E-state index contributed by atoms with van der Waals surface area (Å²) >= 11 is 0. The summed E-state index contributed by atoms with van der Waals surface area (Å²) in [5, 5.41) is 14.2. The fourth-order valence-corrected chi connectivity index (χ4v) is 3.62. The van der Waals surface area contributed by atoms with Crippen molar-refractivity contribution in [2.45, 2.75) is 24.5 Å². The van der Waals surface area contributed by atoms with Gasteiger partial charge in [-0.05, 0) is 42.0 Å². The number of carbonyl (C=O) groups is 3. The first kappa shape index (κ1) is 33.4. The van der Waals surface area contributed by atoms with E-state index in [0.717, 1.165) is 13.1 Å². The van der Waals surface area contributed by atoms with Crippen LogP contribution in [0.1, 0.15) is 5.56 Å². The fraction of sp³-hybridized carbons (Fsp3) is 0.417. The van der Waals surface area contributed by atoms with Gasteiger partial charge >= 0.3 is 24.3 Å². The third-order valence-corrected chi connectivity index (χ3v) is 5.46. The molecular weight excluding hydrogens is 575 g/mol. The zero-order valence-electron chi connectivity index (χ0n) is 21.0. The molecule has 2 saturated heterocycles. The summed E-state index contributed by atoms with van der Waals surface area (Å²) in [4.78, 5) is 38.2. The lowest BCUT2D eigenvalue weighted by Gasteiger charge is -2.43. The number of carbonyl (C=O) groups excluding carboxylic acids is 1. The number of amides is 1. The SMILES string of the molecule is O=C(O)C(F)(F)F.O=C(O)C(F)(F)F.O=C1COC2(COCCN(Cc3ccncc3)C2)CN1c1ccc(F)cc1. The van der Waals surface area contributed by atoms with Crippen LogP contribution in [0.5, 0.6) is 0 Å². The second-order valence-electron chi connectivity index (χ2n) is 8.65. The van der Waals surface area contributed by atoms with Gasteiger partial charge in [-0.3, -0.25) is 14.7 Å². The van der Waals surface area contributed by atoms with Gasteiger partial charge in [0.1, 0.15) is 18.0 Å². The first-order valence-corrected chi connectivity index (χ1v) is 11.5. The van der Waals surface area contributed by atoms with E-state index in [0.29, 0.717) is 32.0 Å². The summed E-state index contributed by atoms with van der Waals surface area (Å²) in [6.07, 6.45) is -6.60. The van der Waals surface area contributed by atoms with Crippen molar-refractivity contribution in [3.05, 3.63) is 60.2 Å². The van der Waals surface area contributed by atoms with Gasteiger partial charge in [0.05, 0.1) is 19.8 Å². The molecule has 0 radical (unpaired) electrons. The first-order chi connectivity index (χ1) is 19.0. The number of halogens is 7. The molecule has 0 aliphatic carbocycles. The van der Waals surface area contributed by atoms with Gasteiger partial charge < -0.3 is 24.6 Å². The van der Waals surface area contributed by atoms with Crippen molar-refractivity contribution in [3.8, 4) is 0 Å². The van der Waals surface area contributed by atoms with Gasteiger partial charge in [-0.15, -0.1) is 0 Å². The Morgan fingerprint density at radius 2 is 1.46 bits per heavy atom.